The van der Waals surface area contributed by atoms with Gasteiger partial charge in [0, 0.05) is 19.1 Å². The molecule has 0 heterocycles. The van der Waals surface area contributed by atoms with Gasteiger partial charge in [-0.1, -0.05) is 19.8 Å². The average molecular weight is 270 g/mol. The molecule has 0 aromatic rings. The van der Waals surface area contributed by atoms with E-state index < -0.39 is 5.60 Å². The molecule has 0 aromatic carbocycles. The number of carbonyl (C=O) groups excluding carboxylic acids is 1. The zero-order chi connectivity index (χ0) is 14.5. The minimum atomic E-state index is -0.432. The summed E-state index contributed by atoms with van der Waals surface area (Å²) >= 11 is 0. The van der Waals surface area contributed by atoms with E-state index in [4.69, 9.17) is 4.74 Å². The van der Waals surface area contributed by atoms with Crippen molar-refractivity contribution >= 4 is 6.09 Å². The number of hydrogen-bond donors (Lipinski definition) is 2. The molecule has 1 amide bonds. The number of rotatable bonds is 5. The Kier molecular flexibility index (Phi) is 5.65. The molecule has 1 rings (SSSR count). The summed E-state index contributed by atoms with van der Waals surface area (Å²) in [7, 11) is 0. The lowest BCUT2D eigenvalue weighted by Crippen LogP contribution is -2.43. The molecule has 1 unspecified atom stereocenters. The third-order valence-corrected chi connectivity index (χ3v) is 3.64. The number of amides is 1. The molecule has 0 spiro atoms. The van der Waals surface area contributed by atoms with Gasteiger partial charge >= 0.3 is 6.09 Å². The minimum Gasteiger partial charge on any atom is -0.444 e. The largest absolute Gasteiger partial charge is 0.444 e. The van der Waals surface area contributed by atoms with Gasteiger partial charge in [-0.25, -0.2) is 4.79 Å². The first kappa shape index (κ1) is 16.3. The molecule has 1 aliphatic carbocycles. The van der Waals surface area contributed by atoms with Crippen LogP contribution in [0.4, 0.5) is 4.79 Å². The van der Waals surface area contributed by atoms with Gasteiger partial charge in [-0.3, -0.25) is 0 Å². The van der Waals surface area contributed by atoms with Crippen LogP contribution in [0, 0.1) is 5.41 Å². The maximum atomic E-state index is 11.5. The van der Waals surface area contributed by atoms with Crippen molar-refractivity contribution < 1.29 is 9.53 Å². The van der Waals surface area contributed by atoms with E-state index in [0.29, 0.717) is 12.0 Å². The normalized spacial score (nSPS) is 20.1. The summed E-state index contributed by atoms with van der Waals surface area (Å²) in [5.74, 6) is 0. The smallest absolute Gasteiger partial charge is 0.407 e. The van der Waals surface area contributed by atoms with Crippen molar-refractivity contribution in [2.45, 2.75) is 71.9 Å². The molecule has 4 nitrogen and oxygen atoms in total. The van der Waals surface area contributed by atoms with Crippen LogP contribution < -0.4 is 10.6 Å². The fourth-order valence-corrected chi connectivity index (χ4v) is 2.45. The number of carbonyl (C=O) groups is 1. The standard InChI is InChI=1S/C15H30N2O2/c1-12(10-16-13(18)19-14(2,3)4)17-11-15(5)8-6-7-9-15/h12,17H,6-11H2,1-5H3,(H,16,18). The van der Waals surface area contributed by atoms with Crippen molar-refractivity contribution in [2.24, 2.45) is 5.41 Å². The lowest BCUT2D eigenvalue weighted by Gasteiger charge is -2.27. The SMILES string of the molecule is CC(CNC(=O)OC(C)(C)C)NCC1(C)CCCC1. The van der Waals surface area contributed by atoms with Gasteiger partial charge in [-0.2, -0.15) is 0 Å². The van der Waals surface area contributed by atoms with Crippen LogP contribution in [0.1, 0.15) is 60.3 Å². The summed E-state index contributed by atoms with van der Waals surface area (Å²) in [5.41, 5.74) is 0.0122. The lowest BCUT2D eigenvalue weighted by atomic mass is 9.89. The summed E-state index contributed by atoms with van der Waals surface area (Å²) in [4.78, 5) is 11.5. The molecule has 0 aliphatic heterocycles. The van der Waals surface area contributed by atoms with Crippen molar-refractivity contribution in [2.75, 3.05) is 13.1 Å². The predicted octanol–water partition coefficient (Wildman–Crippen LogP) is 3.07. The van der Waals surface area contributed by atoms with E-state index in [2.05, 4.69) is 24.5 Å². The average Bonchev–Trinajstić information content (AvgIpc) is 2.69. The third-order valence-electron chi connectivity index (χ3n) is 3.64. The Morgan fingerprint density at radius 1 is 1.32 bits per heavy atom. The molecule has 4 heteroatoms. The molecule has 1 atom stereocenters. The third kappa shape index (κ3) is 6.81. The Morgan fingerprint density at radius 3 is 2.42 bits per heavy atom. The topological polar surface area (TPSA) is 50.4 Å². The summed E-state index contributed by atoms with van der Waals surface area (Å²) in [5, 5.41) is 6.32. The first-order valence-electron chi connectivity index (χ1n) is 7.40. The van der Waals surface area contributed by atoms with Crippen molar-refractivity contribution in [3.8, 4) is 0 Å². The van der Waals surface area contributed by atoms with Gasteiger partial charge in [-0.05, 0) is 46.0 Å². The monoisotopic (exact) mass is 270 g/mol. The maximum absolute atomic E-state index is 11.5. The zero-order valence-electron chi connectivity index (χ0n) is 13.1. The Hall–Kier alpha value is -0.770. The number of nitrogens with one attached hydrogen (secondary N) is 2. The summed E-state index contributed by atoms with van der Waals surface area (Å²) in [6.45, 7) is 11.7. The van der Waals surface area contributed by atoms with Crippen molar-refractivity contribution in [1.82, 2.24) is 10.6 Å². The van der Waals surface area contributed by atoms with Gasteiger partial charge < -0.3 is 15.4 Å². The second-order valence-electron chi connectivity index (χ2n) is 7.18. The van der Waals surface area contributed by atoms with Gasteiger partial charge in [0.2, 0.25) is 0 Å². The fourth-order valence-electron chi connectivity index (χ4n) is 2.45. The molecular formula is C15H30N2O2. The summed E-state index contributed by atoms with van der Waals surface area (Å²) < 4.78 is 5.21. The summed E-state index contributed by atoms with van der Waals surface area (Å²) in [6.07, 6.45) is 4.98. The molecule has 1 aliphatic rings. The van der Waals surface area contributed by atoms with Gasteiger partial charge in [0.15, 0.2) is 0 Å². The first-order valence-corrected chi connectivity index (χ1v) is 7.40. The van der Waals surface area contributed by atoms with E-state index in [9.17, 15) is 4.79 Å². The quantitative estimate of drug-likeness (QED) is 0.807. The van der Waals surface area contributed by atoms with Crippen molar-refractivity contribution in [1.29, 1.82) is 0 Å². The van der Waals surface area contributed by atoms with Crippen LogP contribution in [0.15, 0.2) is 0 Å². The molecule has 0 aromatic heterocycles. The molecular weight excluding hydrogens is 240 g/mol. The Labute approximate surface area is 117 Å². The number of hydrogen-bond acceptors (Lipinski definition) is 3. The van der Waals surface area contributed by atoms with E-state index in [1.165, 1.54) is 25.7 Å². The summed E-state index contributed by atoms with van der Waals surface area (Å²) in [6, 6.07) is 0.268. The second kappa shape index (κ2) is 6.60. The van der Waals surface area contributed by atoms with Crippen LogP contribution in [-0.2, 0) is 4.74 Å². The Morgan fingerprint density at radius 2 is 1.89 bits per heavy atom. The van der Waals surface area contributed by atoms with Crippen molar-refractivity contribution in [3.05, 3.63) is 0 Å². The molecule has 2 N–H and O–H groups in total. The van der Waals surface area contributed by atoms with E-state index in [1.54, 1.807) is 0 Å². The predicted molar refractivity (Wildman–Crippen MR) is 78.3 cm³/mol. The minimum absolute atomic E-state index is 0.268. The van der Waals surface area contributed by atoms with Crippen LogP contribution in [0.25, 0.3) is 0 Å². The van der Waals surface area contributed by atoms with Crippen LogP contribution in [-0.4, -0.2) is 30.8 Å². The first-order chi connectivity index (χ1) is 8.70. The number of ether oxygens (including phenoxy) is 1. The van der Waals surface area contributed by atoms with Gasteiger partial charge in [0.05, 0.1) is 0 Å². The molecule has 1 fully saturated rings. The van der Waals surface area contributed by atoms with E-state index >= 15 is 0 Å². The molecule has 0 radical (unpaired) electrons. The second-order valence-corrected chi connectivity index (χ2v) is 7.18. The Bertz CT molecular complexity index is 291. The molecule has 0 saturated heterocycles. The highest BCUT2D eigenvalue weighted by molar-refractivity contribution is 5.67. The fraction of sp³-hybridized carbons (Fsp3) is 0.933. The molecule has 19 heavy (non-hydrogen) atoms. The molecule has 1 saturated carbocycles. The van der Waals surface area contributed by atoms with Crippen LogP contribution in [0.2, 0.25) is 0 Å². The van der Waals surface area contributed by atoms with E-state index in [1.807, 2.05) is 20.8 Å². The van der Waals surface area contributed by atoms with Gasteiger partial charge in [-0.15, -0.1) is 0 Å². The maximum Gasteiger partial charge on any atom is 0.407 e. The van der Waals surface area contributed by atoms with Crippen molar-refractivity contribution in [3.63, 3.8) is 0 Å². The number of alkyl carbamates (subject to hydrolysis) is 1. The van der Waals surface area contributed by atoms with Crippen LogP contribution >= 0.6 is 0 Å². The van der Waals surface area contributed by atoms with E-state index in [0.717, 1.165) is 6.54 Å². The van der Waals surface area contributed by atoms with Gasteiger partial charge in [0.1, 0.15) is 5.60 Å². The lowest BCUT2D eigenvalue weighted by molar-refractivity contribution is 0.0523. The van der Waals surface area contributed by atoms with E-state index in [-0.39, 0.29) is 12.1 Å². The molecule has 0 bridgehead atoms. The van der Waals surface area contributed by atoms with Gasteiger partial charge in [0.25, 0.3) is 0 Å². The molecule has 112 valence electrons. The van der Waals surface area contributed by atoms with Crippen LogP contribution in [0.3, 0.4) is 0 Å². The highest BCUT2D eigenvalue weighted by Gasteiger charge is 2.28. The highest BCUT2D eigenvalue weighted by atomic mass is 16.6. The van der Waals surface area contributed by atoms with Crippen LogP contribution in [0.5, 0.6) is 0 Å². The highest BCUT2D eigenvalue weighted by Crippen LogP contribution is 2.36. The Balaban J connectivity index is 2.17. The zero-order valence-corrected chi connectivity index (χ0v) is 13.1.